The molecule has 6 nitrogen and oxygen atoms in total. The van der Waals surface area contributed by atoms with Crippen molar-refractivity contribution in [2.75, 3.05) is 0 Å². The Morgan fingerprint density at radius 1 is 1.03 bits per heavy atom. The molecule has 0 amide bonds. The predicted molar refractivity (Wildman–Crippen MR) is 139 cm³/mol. The lowest BCUT2D eigenvalue weighted by Crippen LogP contribution is -2.32. The number of allylic oxidation sites excluding steroid dienone is 2. The first-order chi connectivity index (χ1) is 16.9. The van der Waals surface area contributed by atoms with Crippen LogP contribution in [0, 0.1) is 0 Å². The Bertz CT molecular complexity index is 1340. The van der Waals surface area contributed by atoms with Crippen LogP contribution in [0.5, 0.6) is 28.7 Å². The third-order valence-corrected chi connectivity index (χ3v) is 6.85. The topological polar surface area (TPSA) is 85.2 Å². The van der Waals surface area contributed by atoms with E-state index in [-0.39, 0.29) is 35.0 Å². The van der Waals surface area contributed by atoms with Gasteiger partial charge in [0.15, 0.2) is 5.78 Å². The van der Waals surface area contributed by atoms with Crippen molar-refractivity contribution in [3.05, 3.63) is 64.3 Å². The van der Waals surface area contributed by atoms with E-state index in [9.17, 15) is 15.0 Å². The van der Waals surface area contributed by atoms with Crippen LogP contribution in [-0.4, -0.2) is 27.2 Å². The average Bonchev–Trinajstić information content (AvgIpc) is 2.77. The molecular weight excluding hydrogens is 456 g/mol. The number of benzene rings is 2. The van der Waals surface area contributed by atoms with Crippen molar-refractivity contribution >= 4 is 17.9 Å². The summed E-state index contributed by atoms with van der Waals surface area (Å²) >= 11 is 0. The number of hydrogen-bond acceptors (Lipinski definition) is 6. The molecule has 0 aliphatic carbocycles. The molecule has 0 unspecified atom stereocenters. The predicted octanol–water partition coefficient (Wildman–Crippen LogP) is 6.90. The largest absolute Gasteiger partial charge is 0.507 e. The van der Waals surface area contributed by atoms with Crippen LogP contribution in [0.1, 0.15) is 87.0 Å². The van der Waals surface area contributed by atoms with Crippen molar-refractivity contribution in [3.63, 3.8) is 0 Å². The minimum Gasteiger partial charge on any atom is -0.507 e. The monoisotopic (exact) mass is 488 g/mol. The van der Waals surface area contributed by atoms with Crippen LogP contribution < -0.4 is 14.2 Å². The summed E-state index contributed by atoms with van der Waals surface area (Å²) in [5.41, 5.74) is 2.29. The van der Waals surface area contributed by atoms with Gasteiger partial charge in [-0.3, -0.25) is 4.79 Å². The van der Waals surface area contributed by atoms with Crippen LogP contribution in [-0.2, 0) is 0 Å². The second-order valence-electron chi connectivity index (χ2n) is 10.8. The maximum Gasteiger partial charge on any atom is 0.174 e. The molecule has 0 radical (unpaired) electrons. The molecule has 6 heteroatoms. The second-order valence-corrected chi connectivity index (χ2v) is 10.8. The average molecular weight is 489 g/mol. The van der Waals surface area contributed by atoms with Gasteiger partial charge in [-0.2, -0.15) is 0 Å². The number of rotatable bonds is 4. The molecule has 3 aliphatic rings. The van der Waals surface area contributed by atoms with Crippen LogP contribution in [0.3, 0.4) is 0 Å². The fourth-order valence-corrected chi connectivity index (χ4v) is 4.91. The van der Waals surface area contributed by atoms with Crippen molar-refractivity contribution in [1.29, 1.82) is 0 Å². The Labute approximate surface area is 211 Å². The molecule has 0 spiro atoms. The van der Waals surface area contributed by atoms with Gasteiger partial charge >= 0.3 is 0 Å². The Hall–Kier alpha value is -3.67. The van der Waals surface area contributed by atoms with Crippen LogP contribution in [0.15, 0.2) is 42.0 Å². The SMILES string of the molecule is CC(C)=CCC[C@]1(C)C=Cc2c(cc(O)c3c2O[C@@H](c2cc4c(cc2O)OC(C)(C)C=C4)CC3=O)O1. The summed E-state index contributed by atoms with van der Waals surface area (Å²) in [5, 5.41) is 21.5. The van der Waals surface area contributed by atoms with E-state index in [2.05, 4.69) is 19.9 Å². The Morgan fingerprint density at radius 3 is 2.53 bits per heavy atom. The first-order valence-corrected chi connectivity index (χ1v) is 12.3. The molecule has 0 bridgehead atoms. The number of Topliss-reactive ketones (excluding diaryl/α,β-unsaturated/α-hetero) is 1. The lowest BCUT2D eigenvalue weighted by Gasteiger charge is -2.35. The fourth-order valence-electron chi connectivity index (χ4n) is 4.91. The number of carbonyl (C=O) groups is 1. The van der Waals surface area contributed by atoms with Gasteiger partial charge in [-0.1, -0.05) is 17.7 Å². The van der Waals surface area contributed by atoms with Crippen molar-refractivity contribution in [2.24, 2.45) is 0 Å². The number of hydrogen-bond donors (Lipinski definition) is 2. The lowest BCUT2D eigenvalue weighted by atomic mass is 9.89. The van der Waals surface area contributed by atoms with Crippen molar-refractivity contribution < 1.29 is 29.2 Å². The van der Waals surface area contributed by atoms with E-state index >= 15 is 0 Å². The number of phenolic OH excluding ortho intramolecular Hbond substituents is 2. The van der Waals surface area contributed by atoms with Gasteiger partial charge < -0.3 is 24.4 Å². The van der Waals surface area contributed by atoms with E-state index in [1.165, 1.54) is 11.6 Å². The number of ketones is 1. The Kier molecular flexibility index (Phi) is 5.66. The molecule has 0 aromatic heterocycles. The molecule has 2 aromatic rings. The maximum atomic E-state index is 13.2. The van der Waals surface area contributed by atoms with E-state index in [4.69, 9.17) is 14.2 Å². The maximum absolute atomic E-state index is 13.2. The standard InChI is InChI=1S/C30H32O6/c1-17(2)7-6-10-30(5)12-9-19-26(36-30)16-23(33)27-22(32)15-25(34-28(19)27)20-13-18-8-11-29(3,4)35-24(18)14-21(20)31/h7-9,11-14,16,25,31,33H,6,10,15H2,1-5H3/t25-,30-/m1/s1. The number of fused-ring (bicyclic) bond motifs is 4. The van der Waals surface area contributed by atoms with E-state index in [1.807, 2.05) is 45.1 Å². The minimum absolute atomic E-state index is 0.00578. The van der Waals surface area contributed by atoms with Gasteiger partial charge in [0, 0.05) is 23.3 Å². The molecule has 2 N–H and O–H groups in total. The van der Waals surface area contributed by atoms with Gasteiger partial charge in [0.25, 0.3) is 0 Å². The molecule has 0 saturated heterocycles. The summed E-state index contributed by atoms with van der Waals surface area (Å²) in [4.78, 5) is 13.2. The smallest absolute Gasteiger partial charge is 0.174 e. The molecule has 3 heterocycles. The zero-order valence-corrected chi connectivity index (χ0v) is 21.3. The van der Waals surface area contributed by atoms with E-state index < -0.39 is 17.3 Å². The third-order valence-electron chi connectivity index (χ3n) is 6.85. The van der Waals surface area contributed by atoms with Crippen molar-refractivity contribution in [2.45, 2.75) is 71.2 Å². The summed E-state index contributed by atoms with van der Waals surface area (Å²) in [6, 6.07) is 4.86. The number of aromatic hydroxyl groups is 2. The highest BCUT2D eigenvalue weighted by molar-refractivity contribution is 6.04. The molecule has 3 aliphatic heterocycles. The first kappa shape index (κ1) is 24.0. The van der Waals surface area contributed by atoms with Crippen molar-refractivity contribution in [3.8, 4) is 28.7 Å². The molecule has 0 fully saturated rings. The minimum atomic E-state index is -0.719. The van der Waals surface area contributed by atoms with Crippen LogP contribution in [0.4, 0.5) is 0 Å². The molecule has 188 valence electrons. The molecular formula is C30H32O6. The summed E-state index contributed by atoms with van der Waals surface area (Å²) in [6.45, 7) is 10.0. The van der Waals surface area contributed by atoms with Gasteiger partial charge in [0.1, 0.15) is 51.6 Å². The summed E-state index contributed by atoms with van der Waals surface area (Å²) in [5.74, 6) is 0.895. The highest BCUT2D eigenvalue weighted by Crippen LogP contribution is 2.50. The van der Waals surface area contributed by atoms with Gasteiger partial charge in [0.05, 0.1) is 12.0 Å². The van der Waals surface area contributed by atoms with E-state index in [1.54, 1.807) is 12.1 Å². The van der Waals surface area contributed by atoms with E-state index in [0.717, 1.165) is 18.4 Å². The summed E-state index contributed by atoms with van der Waals surface area (Å²) in [6.07, 6.45) is 10.8. The summed E-state index contributed by atoms with van der Waals surface area (Å²) < 4.78 is 18.6. The molecule has 5 rings (SSSR count). The van der Waals surface area contributed by atoms with Gasteiger partial charge in [-0.15, -0.1) is 0 Å². The quantitative estimate of drug-likeness (QED) is 0.456. The zero-order chi connectivity index (χ0) is 25.8. The highest BCUT2D eigenvalue weighted by atomic mass is 16.5. The second kappa shape index (κ2) is 8.47. The van der Waals surface area contributed by atoms with Crippen LogP contribution >= 0.6 is 0 Å². The third kappa shape index (κ3) is 4.36. The Morgan fingerprint density at radius 2 is 1.78 bits per heavy atom. The molecule has 2 atom stereocenters. The number of phenols is 2. The normalized spacial score (nSPS) is 22.9. The van der Waals surface area contributed by atoms with Crippen molar-refractivity contribution in [1.82, 2.24) is 0 Å². The fraction of sp³-hybridized carbons (Fsp3) is 0.367. The molecule has 0 saturated carbocycles. The van der Waals surface area contributed by atoms with Gasteiger partial charge in [-0.05, 0) is 71.8 Å². The van der Waals surface area contributed by atoms with E-state index in [0.29, 0.717) is 22.6 Å². The molecule has 2 aromatic carbocycles. The Balaban J connectivity index is 1.49. The van der Waals surface area contributed by atoms with Crippen LogP contribution in [0.2, 0.25) is 0 Å². The van der Waals surface area contributed by atoms with Crippen LogP contribution in [0.25, 0.3) is 12.2 Å². The number of carbonyl (C=O) groups excluding carboxylic acids is 1. The molecule has 36 heavy (non-hydrogen) atoms. The van der Waals surface area contributed by atoms with Gasteiger partial charge in [-0.25, -0.2) is 0 Å². The highest BCUT2D eigenvalue weighted by Gasteiger charge is 2.38. The number of ether oxygens (including phenoxy) is 3. The zero-order valence-electron chi connectivity index (χ0n) is 21.3. The summed E-state index contributed by atoms with van der Waals surface area (Å²) in [7, 11) is 0. The lowest BCUT2D eigenvalue weighted by molar-refractivity contribution is 0.0836. The van der Waals surface area contributed by atoms with Gasteiger partial charge in [0.2, 0.25) is 0 Å². The first-order valence-electron chi connectivity index (χ1n) is 12.3.